The van der Waals surface area contributed by atoms with Gasteiger partial charge in [0, 0.05) is 31.0 Å². The van der Waals surface area contributed by atoms with Gasteiger partial charge in [-0.3, -0.25) is 14.4 Å². The van der Waals surface area contributed by atoms with Crippen LogP contribution in [0.25, 0.3) is 0 Å². The van der Waals surface area contributed by atoms with Crippen molar-refractivity contribution >= 4 is 11.9 Å². The Kier molecular flexibility index (Phi) is 3.65. The summed E-state index contributed by atoms with van der Waals surface area (Å²) in [5.74, 6) is -1.31. The molecule has 1 aliphatic heterocycles. The minimum Gasteiger partial charge on any atom is -0.481 e. The fourth-order valence-corrected chi connectivity index (χ4v) is 2.50. The van der Waals surface area contributed by atoms with E-state index in [9.17, 15) is 19.5 Å². The monoisotopic (exact) mass is 278 g/mol. The van der Waals surface area contributed by atoms with Gasteiger partial charge < -0.3 is 15.0 Å². The highest BCUT2D eigenvalue weighted by Gasteiger charge is 2.39. The Morgan fingerprint density at radius 2 is 2.15 bits per heavy atom. The zero-order chi connectivity index (χ0) is 14.9. The van der Waals surface area contributed by atoms with E-state index in [0.29, 0.717) is 25.1 Å². The number of carboxylic acid groups (broad SMARTS) is 1. The van der Waals surface area contributed by atoms with Gasteiger partial charge in [-0.25, -0.2) is 0 Å². The molecule has 0 saturated carbocycles. The molecule has 0 bridgehead atoms. The van der Waals surface area contributed by atoms with Crippen LogP contribution in [0.1, 0.15) is 35.8 Å². The summed E-state index contributed by atoms with van der Waals surface area (Å²) in [5.41, 5.74) is -0.537. The zero-order valence-electron chi connectivity index (χ0n) is 11.6. The Hall–Kier alpha value is -2.11. The number of aryl methyl sites for hydroxylation is 1. The lowest BCUT2D eigenvalue weighted by atomic mass is 9.82. The van der Waals surface area contributed by atoms with Crippen molar-refractivity contribution in [1.29, 1.82) is 0 Å². The van der Waals surface area contributed by atoms with E-state index in [1.165, 1.54) is 17.2 Å². The SMILES string of the molecule is Cc1cc(=O)c(C(=O)N2CCCC(C)(C(=O)O)C2)c[nH]1. The van der Waals surface area contributed by atoms with Crippen LogP contribution in [0.5, 0.6) is 0 Å². The number of likely N-dealkylation sites (tertiary alicyclic amines) is 1. The third-order valence-corrected chi connectivity index (χ3v) is 3.79. The third-order valence-electron chi connectivity index (χ3n) is 3.79. The molecule has 1 amide bonds. The lowest BCUT2D eigenvalue weighted by molar-refractivity contribution is -0.150. The Morgan fingerprint density at radius 3 is 2.75 bits per heavy atom. The number of aliphatic carboxylic acids is 1. The lowest BCUT2D eigenvalue weighted by Gasteiger charge is -2.37. The van der Waals surface area contributed by atoms with Gasteiger partial charge in [0.15, 0.2) is 5.43 Å². The molecule has 2 rings (SSSR count). The molecule has 1 aromatic heterocycles. The summed E-state index contributed by atoms with van der Waals surface area (Å²) in [4.78, 5) is 39.8. The molecule has 0 aromatic carbocycles. The van der Waals surface area contributed by atoms with E-state index in [1.807, 2.05) is 0 Å². The molecule has 1 unspecified atom stereocenters. The van der Waals surface area contributed by atoms with E-state index in [-0.39, 0.29) is 17.5 Å². The summed E-state index contributed by atoms with van der Waals surface area (Å²) in [6, 6.07) is 1.37. The molecule has 0 radical (unpaired) electrons. The van der Waals surface area contributed by atoms with Crippen molar-refractivity contribution in [3.63, 3.8) is 0 Å². The molecule has 0 aliphatic carbocycles. The van der Waals surface area contributed by atoms with Gasteiger partial charge in [-0.05, 0) is 26.7 Å². The van der Waals surface area contributed by atoms with Crippen molar-refractivity contribution in [3.8, 4) is 0 Å². The van der Waals surface area contributed by atoms with Gasteiger partial charge in [-0.1, -0.05) is 0 Å². The predicted molar refractivity (Wildman–Crippen MR) is 72.7 cm³/mol. The highest BCUT2D eigenvalue weighted by atomic mass is 16.4. The number of rotatable bonds is 2. The molecule has 1 atom stereocenters. The average molecular weight is 278 g/mol. The van der Waals surface area contributed by atoms with Crippen LogP contribution in [-0.4, -0.2) is 40.0 Å². The molecular formula is C14H18N2O4. The largest absolute Gasteiger partial charge is 0.481 e. The highest BCUT2D eigenvalue weighted by Crippen LogP contribution is 2.30. The number of pyridine rings is 1. The molecule has 1 aliphatic rings. The van der Waals surface area contributed by atoms with Gasteiger partial charge in [-0.15, -0.1) is 0 Å². The molecule has 0 spiro atoms. The first-order valence-electron chi connectivity index (χ1n) is 6.55. The summed E-state index contributed by atoms with van der Waals surface area (Å²) in [6.07, 6.45) is 2.56. The van der Waals surface area contributed by atoms with Crippen molar-refractivity contribution < 1.29 is 14.7 Å². The quantitative estimate of drug-likeness (QED) is 0.844. The van der Waals surface area contributed by atoms with Crippen LogP contribution in [0.15, 0.2) is 17.1 Å². The summed E-state index contributed by atoms with van der Waals surface area (Å²) >= 11 is 0. The Labute approximate surface area is 116 Å². The number of hydrogen-bond donors (Lipinski definition) is 2. The Morgan fingerprint density at radius 1 is 1.45 bits per heavy atom. The number of carbonyl (C=O) groups excluding carboxylic acids is 1. The van der Waals surface area contributed by atoms with Crippen LogP contribution in [0.4, 0.5) is 0 Å². The van der Waals surface area contributed by atoms with Crippen LogP contribution in [-0.2, 0) is 4.79 Å². The van der Waals surface area contributed by atoms with E-state index >= 15 is 0 Å². The smallest absolute Gasteiger partial charge is 0.311 e. The molecule has 20 heavy (non-hydrogen) atoms. The number of carboxylic acids is 1. The van der Waals surface area contributed by atoms with Crippen molar-refractivity contribution in [1.82, 2.24) is 9.88 Å². The first kappa shape index (κ1) is 14.3. The fraction of sp³-hybridized carbons (Fsp3) is 0.500. The molecule has 6 nitrogen and oxygen atoms in total. The van der Waals surface area contributed by atoms with Gasteiger partial charge in [0.25, 0.3) is 5.91 Å². The van der Waals surface area contributed by atoms with Gasteiger partial charge in [0.2, 0.25) is 0 Å². The number of carbonyl (C=O) groups is 2. The van der Waals surface area contributed by atoms with E-state index in [1.54, 1.807) is 13.8 Å². The van der Waals surface area contributed by atoms with Gasteiger partial charge >= 0.3 is 5.97 Å². The van der Waals surface area contributed by atoms with Crippen LogP contribution in [0.3, 0.4) is 0 Å². The van der Waals surface area contributed by atoms with Gasteiger partial charge in [0.1, 0.15) is 5.56 Å². The van der Waals surface area contributed by atoms with Crippen LogP contribution >= 0.6 is 0 Å². The summed E-state index contributed by atoms with van der Waals surface area (Å²) in [6.45, 7) is 3.98. The minimum atomic E-state index is -0.939. The minimum absolute atomic E-state index is 0.0604. The van der Waals surface area contributed by atoms with E-state index in [0.717, 1.165) is 0 Å². The first-order chi connectivity index (χ1) is 9.33. The molecule has 2 heterocycles. The standard InChI is InChI=1S/C14H18N2O4/c1-9-6-11(17)10(7-15-9)12(18)16-5-3-4-14(2,8-16)13(19)20/h6-7H,3-5,8H2,1-2H3,(H,15,17)(H,19,20). The number of hydrogen-bond acceptors (Lipinski definition) is 3. The van der Waals surface area contributed by atoms with Crippen LogP contribution in [0.2, 0.25) is 0 Å². The van der Waals surface area contributed by atoms with E-state index in [2.05, 4.69) is 4.98 Å². The third kappa shape index (κ3) is 2.59. The molecular weight excluding hydrogens is 260 g/mol. The molecule has 108 valence electrons. The van der Waals surface area contributed by atoms with Gasteiger partial charge in [-0.2, -0.15) is 0 Å². The molecule has 2 N–H and O–H groups in total. The van der Waals surface area contributed by atoms with Crippen molar-refractivity contribution in [2.24, 2.45) is 5.41 Å². The number of piperidine rings is 1. The number of aromatic nitrogens is 1. The van der Waals surface area contributed by atoms with Gasteiger partial charge in [0.05, 0.1) is 5.41 Å². The average Bonchev–Trinajstić information content (AvgIpc) is 2.38. The van der Waals surface area contributed by atoms with E-state index < -0.39 is 17.3 Å². The summed E-state index contributed by atoms with van der Waals surface area (Å²) in [7, 11) is 0. The maximum atomic E-state index is 12.4. The maximum absolute atomic E-state index is 12.4. The number of amides is 1. The normalized spacial score (nSPS) is 22.6. The second-order valence-electron chi connectivity index (χ2n) is 5.59. The second-order valence-corrected chi connectivity index (χ2v) is 5.59. The molecule has 1 saturated heterocycles. The van der Waals surface area contributed by atoms with Crippen molar-refractivity contribution in [3.05, 3.63) is 33.7 Å². The number of nitrogens with one attached hydrogen (secondary N) is 1. The Bertz CT molecular complexity index is 607. The zero-order valence-corrected chi connectivity index (χ0v) is 11.6. The lowest BCUT2D eigenvalue weighted by Crippen LogP contribution is -2.49. The van der Waals surface area contributed by atoms with Crippen molar-refractivity contribution in [2.75, 3.05) is 13.1 Å². The molecule has 1 aromatic rings. The molecule has 6 heteroatoms. The van der Waals surface area contributed by atoms with Crippen LogP contribution < -0.4 is 5.43 Å². The number of nitrogens with zero attached hydrogens (tertiary/aromatic N) is 1. The summed E-state index contributed by atoms with van der Waals surface area (Å²) in [5, 5.41) is 9.25. The number of aromatic amines is 1. The number of H-pyrrole nitrogens is 1. The van der Waals surface area contributed by atoms with Crippen molar-refractivity contribution in [2.45, 2.75) is 26.7 Å². The van der Waals surface area contributed by atoms with E-state index in [4.69, 9.17) is 0 Å². The highest BCUT2D eigenvalue weighted by molar-refractivity contribution is 5.94. The van der Waals surface area contributed by atoms with Crippen LogP contribution in [0, 0.1) is 12.3 Å². The summed E-state index contributed by atoms with van der Waals surface area (Å²) < 4.78 is 0. The topological polar surface area (TPSA) is 90.5 Å². The predicted octanol–water partition coefficient (Wildman–Crippen LogP) is 1.01. The second kappa shape index (κ2) is 5.11. The molecule has 1 fully saturated rings. The maximum Gasteiger partial charge on any atom is 0.311 e. The Balaban J connectivity index is 2.25. The first-order valence-corrected chi connectivity index (χ1v) is 6.55. The fourth-order valence-electron chi connectivity index (χ4n) is 2.50.